The molecule has 0 aliphatic rings. The Bertz CT molecular complexity index is 476. The Labute approximate surface area is 116 Å². The third-order valence-corrected chi connectivity index (χ3v) is 2.83. The van der Waals surface area contributed by atoms with Crippen LogP contribution >= 0.6 is 11.6 Å². The predicted molar refractivity (Wildman–Crippen MR) is 71.4 cm³/mol. The van der Waals surface area contributed by atoms with Gasteiger partial charge in [-0.15, -0.1) is 0 Å². The highest BCUT2D eigenvalue weighted by atomic mass is 35.5. The van der Waals surface area contributed by atoms with Gasteiger partial charge in [0.1, 0.15) is 5.75 Å². The van der Waals surface area contributed by atoms with Crippen molar-refractivity contribution in [2.75, 3.05) is 7.11 Å². The lowest BCUT2D eigenvalue weighted by atomic mass is 10.1. The van der Waals surface area contributed by atoms with Crippen LogP contribution in [0.15, 0.2) is 18.2 Å². The zero-order valence-corrected chi connectivity index (χ0v) is 11.5. The molecular weight excluding hydrogens is 270 g/mol. The van der Waals surface area contributed by atoms with Crippen molar-refractivity contribution in [3.05, 3.63) is 28.8 Å². The van der Waals surface area contributed by atoms with Crippen LogP contribution in [0.3, 0.4) is 0 Å². The van der Waals surface area contributed by atoms with Gasteiger partial charge in [-0.05, 0) is 24.1 Å². The number of carboxylic acids is 1. The summed E-state index contributed by atoms with van der Waals surface area (Å²) in [4.78, 5) is 22.7. The Morgan fingerprint density at radius 3 is 2.63 bits per heavy atom. The van der Waals surface area contributed by atoms with Crippen molar-refractivity contribution >= 4 is 23.5 Å². The summed E-state index contributed by atoms with van der Waals surface area (Å²) in [6.45, 7) is 1.85. The van der Waals surface area contributed by atoms with Gasteiger partial charge in [-0.3, -0.25) is 4.79 Å². The second-order valence-corrected chi connectivity index (χ2v) is 4.39. The third-order valence-electron chi connectivity index (χ3n) is 2.54. The third kappa shape index (κ3) is 4.13. The van der Waals surface area contributed by atoms with Gasteiger partial charge in [-0.25, -0.2) is 4.79 Å². The van der Waals surface area contributed by atoms with Crippen molar-refractivity contribution in [3.63, 3.8) is 0 Å². The quantitative estimate of drug-likeness (QED) is 0.841. The number of carbonyl (C=O) groups excluding carboxylic acids is 1. The maximum atomic E-state index is 11.5. The summed E-state index contributed by atoms with van der Waals surface area (Å²) in [6.07, 6.45) is 0.940. The number of carboxylic acid groups (broad SMARTS) is 1. The highest BCUT2D eigenvalue weighted by Crippen LogP contribution is 2.27. The van der Waals surface area contributed by atoms with Gasteiger partial charge in [0.25, 0.3) is 0 Å². The average Bonchev–Trinajstić information content (AvgIpc) is 2.36. The van der Waals surface area contributed by atoms with Crippen molar-refractivity contribution in [1.29, 1.82) is 0 Å². The molecule has 5 nitrogen and oxygen atoms in total. The topological polar surface area (TPSA) is 75.6 Å². The molecule has 0 aromatic heterocycles. The van der Waals surface area contributed by atoms with Crippen molar-refractivity contribution in [2.45, 2.75) is 25.8 Å². The van der Waals surface area contributed by atoms with Crippen LogP contribution in [0.1, 0.15) is 31.4 Å². The van der Waals surface area contributed by atoms with Crippen LogP contribution in [0.5, 0.6) is 5.75 Å². The fourth-order valence-electron chi connectivity index (χ4n) is 1.61. The molecule has 0 radical (unpaired) electrons. The van der Waals surface area contributed by atoms with Crippen molar-refractivity contribution in [1.82, 2.24) is 5.32 Å². The molecule has 0 heterocycles. The lowest BCUT2D eigenvalue weighted by Gasteiger charge is -2.15. The highest BCUT2D eigenvalue weighted by molar-refractivity contribution is 6.32. The van der Waals surface area contributed by atoms with Crippen molar-refractivity contribution < 1.29 is 19.4 Å². The SMILES string of the molecule is CCCC(=O)NC(C(=O)O)c1ccc(OC)c(Cl)c1. The Hall–Kier alpha value is -1.75. The minimum atomic E-state index is -1.13. The van der Waals surface area contributed by atoms with Crippen LogP contribution in [-0.4, -0.2) is 24.1 Å². The number of halogens is 1. The number of nitrogens with one attached hydrogen (secondary N) is 1. The Morgan fingerprint density at radius 1 is 1.47 bits per heavy atom. The lowest BCUT2D eigenvalue weighted by molar-refractivity contribution is -0.142. The number of ether oxygens (including phenoxy) is 1. The van der Waals surface area contributed by atoms with Gasteiger partial charge < -0.3 is 15.2 Å². The predicted octanol–water partition coefficient (Wildman–Crippen LogP) is 2.39. The minimum absolute atomic E-state index is 0.285. The number of hydrogen-bond donors (Lipinski definition) is 2. The van der Waals surface area contributed by atoms with E-state index in [1.54, 1.807) is 12.1 Å². The van der Waals surface area contributed by atoms with E-state index in [-0.39, 0.29) is 12.3 Å². The Balaban J connectivity index is 2.96. The van der Waals surface area contributed by atoms with Crippen LogP contribution in [0.25, 0.3) is 0 Å². The van der Waals surface area contributed by atoms with Gasteiger partial charge in [0.2, 0.25) is 5.91 Å². The highest BCUT2D eigenvalue weighted by Gasteiger charge is 2.22. The summed E-state index contributed by atoms with van der Waals surface area (Å²) in [7, 11) is 1.47. The van der Waals surface area contributed by atoms with E-state index in [0.717, 1.165) is 0 Å². The van der Waals surface area contributed by atoms with Crippen LogP contribution in [0.2, 0.25) is 5.02 Å². The smallest absolute Gasteiger partial charge is 0.330 e. The molecule has 1 aromatic rings. The van der Waals surface area contributed by atoms with E-state index < -0.39 is 12.0 Å². The molecule has 1 aromatic carbocycles. The molecule has 0 aliphatic carbocycles. The lowest BCUT2D eigenvalue weighted by Crippen LogP contribution is -2.33. The van der Waals surface area contributed by atoms with Crippen LogP contribution in [-0.2, 0) is 9.59 Å². The molecule has 1 atom stereocenters. The van der Waals surface area contributed by atoms with Crippen LogP contribution in [0.4, 0.5) is 0 Å². The summed E-state index contributed by atoms with van der Waals surface area (Å²) < 4.78 is 4.99. The first kappa shape index (κ1) is 15.3. The number of benzene rings is 1. The van der Waals surface area contributed by atoms with E-state index in [1.807, 2.05) is 6.92 Å². The molecule has 2 N–H and O–H groups in total. The van der Waals surface area contributed by atoms with Crippen LogP contribution < -0.4 is 10.1 Å². The van der Waals surface area contributed by atoms with Gasteiger partial charge >= 0.3 is 5.97 Å². The zero-order chi connectivity index (χ0) is 14.4. The molecule has 0 spiro atoms. The van der Waals surface area contributed by atoms with Gasteiger partial charge in [0.05, 0.1) is 12.1 Å². The van der Waals surface area contributed by atoms with Gasteiger partial charge in [-0.1, -0.05) is 24.6 Å². The summed E-state index contributed by atoms with van der Waals surface area (Å²) in [6, 6.07) is 3.50. The fourth-order valence-corrected chi connectivity index (χ4v) is 1.88. The molecule has 0 saturated carbocycles. The molecule has 19 heavy (non-hydrogen) atoms. The maximum Gasteiger partial charge on any atom is 0.330 e. The number of hydrogen-bond acceptors (Lipinski definition) is 3. The van der Waals surface area contributed by atoms with Gasteiger partial charge in [-0.2, -0.15) is 0 Å². The average molecular weight is 286 g/mol. The molecule has 0 saturated heterocycles. The molecule has 1 rings (SSSR count). The van der Waals surface area contributed by atoms with Gasteiger partial charge in [0.15, 0.2) is 6.04 Å². The normalized spacial score (nSPS) is 11.7. The number of aliphatic carboxylic acids is 1. The first-order valence-corrected chi connectivity index (χ1v) is 6.23. The Morgan fingerprint density at radius 2 is 2.16 bits per heavy atom. The standard InChI is InChI=1S/C13H16ClNO4/c1-3-4-11(16)15-12(13(17)18)8-5-6-10(19-2)9(14)7-8/h5-7,12H,3-4H2,1-2H3,(H,15,16)(H,17,18). The van der Waals surface area contributed by atoms with Crippen molar-refractivity contribution in [2.24, 2.45) is 0 Å². The molecule has 1 amide bonds. The number of carbonyl (C=O) groups is 2. The first-order chi connectivity index (χ1) is 8.99. The molecule has 6 heteroatoms. The minimum Gasteiger partial charge on any atom is -0.495 e. The maximum absolute atomic E-state index is 11.5. The molecule has 0 bridgehead atoms. The van der Waals surface area contributed by atoms with E-state index in [0.29, 0.717) is 22.8 Å². The van der Waals surface area contributed by atoms with E-state index in [2.05, 4.69) is 5.32 Å². The van der Waals surface area contributed by atoms with Crippen molar-refractivity contribution in [3.8, 4) is 5.75 Å². The molecule has 0 aliphatic heterocycles. The molecule has 104 valence electrons. The summed E-state index contributed by atoms with van der Waals surface area (Å²) >= 11 is 5.95. The summed E-state index contributed by atoms with van der Waals surface area (Å²) in [5, 5.41) is 11.9. The molecular formula is C13H16ClNO4. The van der Waals surface area contributed by atoms with E-state index in [4.69, 9.17) is 16.3 Å². The molecule has 0 fully saturated rings. The second-order valence-electron chi connectivity index (χ2n) is 3.98. The summed E-state index contributed by atoms with van der Waals surface area (Å²) in [5.41, 5.74) is 0.405. The number of rotatable bonds is 6. The zero-order valence-electron chi connectivity index (χ0n) is 10.8. The van der Waals surface area contributed by atoms with E-state index in [1.165, 1.54) is 13.2 Å². The van der Waals surface area contributed by atoms with E-state index in [9.17, 15) is 14.7 Å². The first-order valence-electron chi connectivity index (χ1n) is 5.85. The number of methoxy groups -OCH3 is 1. The molecule has 1 unspecified atom stereocenters. The summed E-state index contributed by atoms with van der Waals surface area (Å²) in [5.74, 6) is -0.984. The van der Waals surface area contributed by atoms with Crippen LogP contribution in [0, 0.1) is 0 Å². The van der Waals surface area contributed by atoms with E-state index >= 15 is 0 Å². The fraction of sp³-hybridized carbons (Fsp3) is 0.385. The monoisotopic (exact) mass is 285 g/mol. The Kier molecular flexibility index (Phi) is 5.63. The largest absolute Gasteiger partial charge is 0.495 e. The second kappa shape index (κ2) is 6.99. The number of amides is 1. The van der Waals surface area contributed by atoms with Gasteiger partial charge in [0, 0.05) is 6.42 Å².